The molecule has 1 saturated carbocycles. The Balaban J connectivity index is 2.12. The number of carboxylic acid groups (broad SMARTS) is 1. The molecule has 0 bridgehead atoms. The summed E-state index contributed by atoms with van der Waals surface area (Å²) in [6.45, 7) is -0.411. The summed E-state index contributed by atoms with van der Waals surface area (Å²) >= 11 is 5.68. The fourth-order valence-corrected chi connectivity index (χ4v) is 2.01. The van der Waals surface area contributed by atoms with E-state index >= 15 is 0 Å². The maximum absolute atomic E-state index is 12.0. The van der Waals surface area contributed by atoms with Crippen LogP contribution in [-0.4, -0.2) is 39.5 Å². The molecule has 0 aromatic heterocycles. The lowest BCUT2D eigenvalue weighted by Crippen LogP contribution is -2.40. The summed E-state index contributed by atoms with van der Waals surface area (Å²) in [6, 6.07) is 3.15. The first-order valence-corrected chi connectivity index (χ1v) is 6.49. The van der Waals surface area contributed by atoms with Crippen LogP contribution in [0.4, 0.5) is 16.2 Å². The standard InChI is InChI=1S/C12H12ClN3O5/c13-9-4-1-7(5-10(9)16(20)21)14-12(19)15(6-11(17)18)8-2-3-8/h1,4-5,8H,2-3,6H2,(H,14,19)(H,17,18). The molecule has 0 radical (unpaired) electrons. The molecule has 1 aromatic carbocycles. The van der Waals surface area contributed by atoms with Crippen molar-refractivity contribution in [2.75, 3.05) is 11.9 Å². The second kappa shape index (κ2) is 5.96. The van der Waals surface area contributed by atoms with E-state index in [2.05, 4.69) is 5.32 Å². The Hall–Kier alpha value is -2.35. The quantitative estimate of drug-likeness (QED) is 0.640. The Kier molecular flexibility index (Phi) is 4.27. The van der Waals surface area contributed by atoms with Gasteiger partial charge < -0.3 is 15.3 Å². The van der Waals surface area contributed by atoms with Crippen LogP contribution in [0.2, 0.25) is 5.02 Å². The molecule has 21 heavy (non-hydrogen) atoms. The molecule has 0 saturated heterocycles. The molecule has 1 aliphatic rings. The van der Waals surface area contributed by atoms with E-state index in [1.54, 1.807) is 0 Å². The molecular weight excluding hydrogens is 302 g/mol. The average Bonchev–Trinajstić information content (AvgIpc) is 3.22. The number of halogens is 1. The van der Waals surface area contributed by atoms with Crippen molar-refractivity contribution >= 4 is 35.0 Å². The van der Waals surface area contributed by atoms with Crippen molar-refractivity contribution in [3.63, 3.8) is 0 Å². The Labute approximate surface area is 124 Å². The number of urea groups is 1. The summed E-state index contributed by atoms with van der Waals surface area (Å²) in [5, 5.41) is 22.0. The lowest BCUT2D eigenvalue weighted by atomic mass is 10.3. The van der Waals surface area contributed by atoms with E-state index in [1.807, 2.05) is 0 Å². The van der Waals surface area contributed by atoms with Crippen LogP contribution in [0.5, 0.6) is 0 Å². The predicted octanol–water partition coefficient (Wildman–Crippen LogP) is 2.33. The summed E-state index contributed by atoms with van der Waals surface area (Å²) in [4.78, 5) is 34.1. The number of amides is 2. The van der Waals surface area contributed by atoms with E-state index in [4.69, 9.17) is 16.7 Å². The van der Waals surface area contributed by atoms with Crippen LogP contribution in [0, 0.1) is 10.1 Å². The van der Waals surface area contributed by atoms with Crippen molar-refractivity contribution in [2.24, 2.45) is 0 Å². The van der Waals surface area contributed by atoms with Gasteiger partial charge in [-0.05, 0) is 25.0 Å². The van der Waals surface area contributed by atoms with Gasteiger partial charge in [0.25, 0.3) is 5.69 Å². The lowest BCUT2D eigenvalue weighted by Gasteiger charge is -2.20. The molecule has 112 valence electrons. The molecule has 1 aromatic rings. The van der Waals surface area contributed by atoms with Crippen LogP contribution in [0.3, 0.4) is 0 Å². The third-order valence-electron chi connectivity index (χ3n) is 2.95. The van der Waals surface area contributed by atoms with E-state index < -0.39 is 23.5 Å². The summed E-state index contributed by atoms with van der Waals surface area (Å²) in [6.07, 6.45) is 1.50. The highest BCUT2D eigenvalue weighted by atomic mass is 35.5. The highest BCUT2D eigenvalue weighted by Gasteiger charge is 2.34. The van der Waals surface area contributed by atoms with E-state index in [0.29, 0.717) is 0 Å². The fraction of sp³-hybridized carbons (Fsp3) is 0.333. The van der Waals surface area contributed by atoms with Gasteiger partial charge in [0.15, 0.2) is 0 Å². The van der Waals surface area contributed by atoms with Crippen molar-refractivity contribution < 1.29 is 19.6 Å². The van der Waals surface area contributed by atoms with Crippen LogP contribution < -0.4 is 5.32 Å². The van der Waals surface area contributed by atoms with Crippen molar-refractivity contribution in [3.05, 3.63) is 33.3 Å². The predicted molar refractivity (Wildman–Crippen MR) is 74.5 cm³/mol. The molecule has 8 nitrogen and oxygen atoms in total. The highest BCUT2D eigenvalue weighted by molar-refractivity contribution is 6.32. The number of nitro groups is 1. The number of nitrogens with zero attached hydrogens (tertiary/aromatic N) is 2. The molecule has 1 fully saturated rings. The molecule has 0 aliphatic heterocycles. The smallest absolute Gasteiger partial charge is 0.323 e. The van der Waals surface area contributed by atoms with Gasteiger partial charge in [-0.3, -0.25) is 14.9 Å². The van der Waals surface area contributed by atoms with Gasteiger partial charge in [-0.15, -0.1) is 0 Å². The van der Waals surface area contributed by atoms with Crippen LogP contribution in [0.1, 0.15) is 12.8 Å². The van der Waals surface area contributed by atoms with Crippen molar-refractivity contribution in [2.45, 2.75) is 18.9 Å². The Morgan fingerprint density at radius 1 is 1.48 bits per heavy atom. The van der Waals surface area contributed by atoms with Gasteiger partial charge in [0.05, 0.1) is 4.92 Å². The number of carboxylic acids is 1. The molecule has 2 rings (SSSR count). The number of rotatable bonds is 5. The summed E-state index contributed by atoms with van der Waals surface area (Å²) < 4.78 is 0. The number of hydrogen-bond donors (Lipinski definition) is 2. The van der Waals surface area contributed by atoms with E-state index in [-0.39, 0.29) is 22.4 Å². The molecule has 0 atom stereocenters. The normalized spacial score (nSPS) is 13.6. The SMILES string of the molecule is O=C(O)CN(C(=O)Nc1ccc(Cl)c([N+](=O)[O-])c1)C1CC1. The van der Waals surface area contributed by atoms with Gasteiger partial charge in [0.1, 0.15) is 11.6 Å². The molecule has 0 unspecified atom stereocenters. The van der Waals surface area contributed by atoms with Crippen LogP contribution >= 0.6 is 11.6 Å². The zero-order chi connectivity index (χ0) is 15.6. The number of anilines is 1. The van der Waals surface area contributed by atoms with Gasteiger partial charge in [0, 0.05) is 17.8 Å². The van der Waals surface area contributed by atoms with E-state index in [9.17, 15) is 19.7 Å². The van der Waals surface area contributed by atoms with Gasteiger partial charge in [0.2, 0.25) is 0 Å². The molecule has 9 heteroatoms. The number of hydrogen-bond acceptors (Lipinski definition) is 4. The number of carbonyl (C=O) groups excluding carboxylic acids is 1. The Bertz CT molecular complexity index is 603. The summed E-state index contributed by atoms with van der Waals surface area (Å²) in [5.41, 5.74) is -0.141. The average molecular weight is 314 g/mol. The topological polar surface area (TPSA) is 113 Å². The van der Waals surface area contributed by atoms with Crippen molar-refractivity contribution in [1.29, 1.82) is 0 Å². The zero-order valence-corrected chi connectivity index (χ0v) is 11.5. The number of aliphatic carboxylic acids is 1. The van der Waals surface area contributed by atoms with Crippen molar-refractivity contribution in [1.82, 2.24) is 4.90 Å². The molecule has 1 aliphatic carbocycles. The third kappa shape index (κ3) is 3.82. The summed E-state index contributed by atoms with van der Waals surface area (Å²) in [5.74, 6) is -1.11. The molecule has 0 heterocycles. The van der Waals surface area contributed by atoms with Gasteiger partial charge in [-0.1, -0.05) is 11.6 Å². The van der Waals surface area contributed by atoms with E-state index in [0.717, 1.165) is 18.9 Å². The second-order valence-electron chi connectivity index (χ2n) is 4.61. The number of nitro benzene ring substituents is 1. The molecular formula is C12H12ClN3O5. The Morgan fingerprint density at radius 2 is 2.14 bits per heavy atom. The largest absolute Gasteiger partial charge is 0.480 e. The second-order valence-corrected chi connectivity index (χ2v) is 5.01. The first-order chi connectivity index (χ1) is 9.88. The minimum absolute atomic E-state index is 0.0393. The minimum Gasteiger partial charge on any atom is -0.480 e. The molecule has 2 N–H and O–H groups in total. The third-order valence-corrected chi connectivity index (χ3v) is 3.27. The molecule has 0 spiro atoms. The molecule has 2 amide bonds. The Morgan fingerprint density at radius 3 is 2.67 bits per heavy atom. The highest BCUT2D eigenvalue weighted by Crippen LogP contribution is 2.29. The minimum atomic E-state index is -1.11. The van der Waals surface area contributed by atoms with Gasteiger partial charge in [-0.25, -0.2) is 4.79 Å². The lowest BCUT2D eigenvalue weighted by molar-refractivity contribution is -0.384. The van der Waals surface area contributed by atoms with Gasteiger partial charge >= 0.3 is 12.0 Å². The first kappa shape index (κ1) is 15.0. The fourth-order valence-electron chi connectivity index (χ4n) is 1.82. The maximum atomic E-state index is 12.0. The van der Waals surface area contributed by atoms with Crippen LogP contribution in [0.25, 0.3) is 0 Å². The zero-order valence-electron chi connectivity index (χ0n) is 10.8. The maximum Gasteiger partial charge on any atom is 0.323 e. The summed E-state index contributed by atoms with van der Waals surface area (Å²) in [7, 11) is 0. The number of benzene rings is 1. The van der Waals surface area contributed by atoms with Crippen molar-refractivity contribution in [3.8, 4) is 0 Å². The monoisotopic (exact) mass is 313 g/mol. The number of carbonyl (C=O) groups is 2. The van der Waals surface area contributed by atoms with Gasteiger partial charge in [-0.2, -0.15) is 0 Å². The van der Waals surface area contributed by atoms with Crippen LogP contribution in [0.15, 0.2) is 18.2 Å². The number of nitrogens with one attached hydrogen (secondary N) is 1. The van der Waals surface area contributed by atoms with E-state index in [1.165, 1.54) is 17.0 Å². The van der Waals surface area contributed by atoms with Crippen LogP contribution in [-0.2, 0) is 4.79 Å². The first-order valence-electron chi connectivity index (χ1n) is 6.12.